The number of hydrogen-bond donors (Lipinski definition) is 1. The molecule has 2 N–H and O–H groups in total. The Morgan fingerprint density at radius 1 is 1.50 bits per heavy atom. The second-order valence-electron chi connectivity index (χ2n) is 3.27. The van der Waals surface area contributed by atoms with Crippen LogP contribution < -0.4 is 5.73 Å². The van der Waals surface area contributed by atoms with Crippen molar-refractivity contribution in [1.29, 1.82) is 0 Å². The first-order valence-corrected chi connectivity index (χ1v) is 5.97. The molecule has 5 heteroatoms. The van der Waals surface area contributed by atoms with Crippen LogP contribution in [0.15, 0.2) is 18.2 Å². The highest BCUT2D eigenvalue weighted by Gasteiger charge is 2.02. The predicted molar refractivity (Wildman–Crippen MR) is 63.6 cm³/mol. The van der Waals surface area contributed by atoms with E-state index in [1.807, 2.05) is 0 Å². The lowest BCUT2D eigenvalue weighted by atomic mass is 10.2. The molecule has 0 saturated carbocycles. The van der Waals surface area contributed by atoms with Crippen LogP contribution in [0.1, 0.15) is 12.0 Å². The molecule has 16 heavy (non-hydrogen) atoms. The molecule has 0 aliphatic rings. The van der Waals surface area contributed by atoms with Gasteiger partial charge in [0.05, 0.1) is 13.5 Å². The summed E-state index contributed by atoms with van der Waals surface area (Å²) in [4.78, 5) is 10.8. The first-order chi connectivity index (χ1) is 7.61. The molecule has 0 atom stereocenters. The lowest BCUT2D eigenvalue weighted by molar-refractivity contribution is -0.140. The summed E-state index contributed by atoms with van der Waals surface area (Å²) in [5.74, 6) is 0.733. The minimum Gasteiger partial charge on any atom is -0.469 e. The van der Waals surface area contributed by atoms with Gasteiger partial charge in [-0.3, -0.25) is 4.79 Å². The molecule has 0 radical (unpaired) electrons. The molecule has 0 bridgehead atoms. The molecule has 0 fully saturated rings. The van der Waals surface area contributed by atoms with Crippen LogP contribution in [0.4, 0.5) is 10.1 Å². The zero-order valence-electron chi connectivity index (χ0n) is 9.03. The molecule has 3 nitrogen and oxygen atoms in total. The highest BCUT2D eigenvalue weighted by atomic mass is 32.2. The number of anilines is 1. The van der Waals surface area contributed by atoms with Crippen LogP contribution in [0, 0.1) is 5.82 Å². The lowest BCUT2D eigenvalue weighted by Gasteiger charge is -2.03. The van der Waals surface area contributed by atoms with Gasteiger partial charge in [-0.1, -0.05) is 0 Å². The van der Waals surface area contributed by atoms with E-state index >= 15 is 0 Å². The molecule has 1 aromatic carbocycles. The molecular formula is C11H14FNO2S. The normalized spacial score (nSPS) is 10.1. The highest BCUT2D eigenvalue weighted by Crippen LogP contribution is 2.17. The average Bonchev–Trinajstić information content (AvgIpc) is 2.22. The Hall–Kier alpha value is -1.23. The first-order valence-electron chi connectivity index (χ1n) is 4.81. The Morgan fingerprint density at radius 2 is 2.25 bits per heavy atom. The van der Waals surface area contributed by atoms with E-state index in [1.165, 1.54) is 19.2 Å². The first kappa shape index (κ1) is 12.8. The Morgan fingerprint density at radius 3 is 2.88 bits per heavy atom. The zero-order chi connectivity index (χ0) is 12.0. The molecule has 0 heterocycles. The molecule has 0 unspecified atom stereocenters. The number of benzene rings is 1. The van der Waals surface area contributed by atoms with Crippen molar-refractivity contribution in [3.8, 4) is 0 Å². The fraction of sp³-hybridized carbons (Fsp3) is 0.364. The topological polar surface area (TPSA) is 52.3 Å². The van der Waals surface area contributed by atoms with Crippen molar-refractivity contribution < 1.29 is 13.9 Å². The summed E-state index contributed by atoms with van der Waals surface area (Å²) in [5.41, 5.74) is 6.76. The second kappa shape index (κ2) is 6.37. The number of nitrogen functional groups attached to an aromatic ring is 1. The van der Waals surface area contributed by atoms with E-state index in [0.29, 0.717) is 23.6 Å². The van der Waals surface area contributed by atoms with Crippen LogP contribution in [0.25, 0.3) is 0 Å². The number of hydrogen-bond acceptors (Lipinski definition) is 4. The van der Waals surface area contributed by atoms with Gasteiger partial charge in [-0.05, 0) is 23.8 Å². The van der Waals surface area contributed by atoms with Crippen LogP contribution in [0.2, 0.25) is 0 Å². The Balaban J connectivity index is 2.34. The maximum Gasteiger partial charge on any atom is 0.306 e. The fourth-order valence-corrected chi connectivity index (χ4v) is 2.06. The van der Waals surface area contributed by atoms with Crippen molar-refractivity contribution >= 4 is 23.4 Å². The highest BCUT2D eigenvalue weighted by molar-refractivity contribution is 7.98. The quantitative estimate of drug-likeness (QED) is 0.489. The van der Waals surface area contributed by atoms with E-state index in [0.717, 1.165) is 5.56 Å². The lowest BCUT2D eigenvalue weighted by Crippen LogP contribution is -2.01. The Bertz CT molecular complexity index is 351. The van der Waals surface area contributed by atoms with Gasteiger partial charge in [-0.25, -0.2) is 4.39 Å². The monoisotopic (exact) mass is 243 g/mol. The molecule has 0 aliphatic heterocycles. The van der Waals surface area contributed by atoms with E-state index < -0.39 is 0 Å². The van der Waals surface area contributed by atoms with Gasteiger partial charge in [0.25, 0.3) is 0 Å². The Labute approximate surface area is 98.2 Å². The third-order valence-corrected chi connectivity index (χ3v) is 2.96. The predicted octanol–water partition coefficient (Wildman–Crippen LogP) is 2.20. The summed E-state index contributed by atoms with van der Waals surface area (Å²) < 4.78 is 17.5. The molecule has 0 aromatic heterocycles. The van der Waals surface area contributed by atoms with Gasteiger partial charge in [-0.2, -0.15) is 11.8 Å². The maximum absolute atomic E-state index is 13.0. The summed E-state index contributed by atoms with van der Waals surface area (Å²) in [6.07, 6.45) is 0.367. The van der Waals surface area contributed by atoms with Gasteiger partial charge < -0.3 is 10.5 Å². The Kier molecular flexibility index (Phi) is 5.11. The molecule has 0 saturated heterocycles. The van der Waals surface area contributed by atoms with Crippen molar-refractivity contribution in [1.82, 2.24) is 0 Å². The number of methoxy groups -OCH3 is 1. The summed E-state index contributed by atoms with van der Waals surface area (Å²) in [6.45, 7) is 0. The summed E-state index contributed by atoms with van der Waals surface area (Å²) in [5, 5.41) is 0. The van der Waals surface area contributed by atoms with Crippen molar-refractivity contribution in [3.63, 3.8) is 0 Å². The van der Waals surface area contributed by atoms with Crippen molar-refractivity contribution in [2.75, 3.05) is 18.6 Å². The maximum atomic E-state index is 13.0. The van der Waals surface area contributed by atoms with E-state index in [2.05, 4.69) is 4.74 Å². The van der Waals surface area contributed by atoms with E-state index in [4.69, 9.17) is 5.73 Å². The third-order valence-electron chi connectivity index (χ3n) is 1.93. The van der Waals surface area contributed by atoms with Crippen LogP contribution in [0.3, 0.4) is 0 Å². The number of nitrogens with two attached hydrogens (primary N) is 1. The van der Waals surface area contributed by atoms with Gasteiger partial charge in [0, 0.05) is 17.2 Å². The average molecular weight is 243 g/mol. The molecule has 0 spiro atoms. The summed E-state index contributed by atoms with van der Waals surface area (Å²) >= 11 is 1.54. The summed E-state index contributed by atoms with van der Waals surface area (Å²) in [7, 11) is 1.36. The third kappa shape index (κ3) is 4.53. The van der Waals surface area contributed by atoms with Gasteiger partial charge in [0.2, 0.25) is 0 Å². The van der Waals surface area contributed by atoms with Crippen LogP contribution in [0.5, 0.6) is 0 Å². The van der Waals surface area contributed by atoms with Crippen molar-refractivity contribution in [2.24, 2.45) is 0 Å². The fourth-order valence-electron chi connectivity index (χ4n) is 1.21. The van der Waals surface area contributed by atoms with Crippen molar-refractivity contribution in [3.05, 3.63) is 29.6 Å². The largest absolute Gasteiger partial charge is 0.469 e. The number of carbonyl (C=O) groups excluding carboxylic acids is 1. The van der Waals surface area contributed by atoms with E-state index in [1.54, 1.807) is 17.8 Å². The van der Waals surface area contributed by atoms with Gasteiger partial charge in [0.1, 0.15) is 5.82 Å². The molecule has 0 amide bonds. The minimum absolute atomic E-state index is 0.230. The number of ether oxygens (including phenoxy) is 1. The van der Waals surface area contributed by atoms with Crippen LogP contribution in [-0.2, 0) is 15.3 Å². The number of halogens is 1. The second-order valence-corrected chi connectivity index (χ2v) is 4.38. The van der Waals surface area contributed by atoms with Gasteiger partial charge >= 0.3 is 5.97 Å². The van der Waals surface area contributed by atoms with Crippen molar-refractivity contribution in [2.45, 2.75) is 12.2 Å². The standard InChI is InChI=1S/C11H14FNO2S/c1-15-11(14)2-3-16-7-8-4-9(12)6-10(13)5-8/h4-6H,2-3,7,13H2,1H3. The smallest absolute Gasteiger partial charge is 0.306 e. The van der Waals surface area contributed by atoms with Gasteiger partial charge in [0.15, 0.2) is 0 Å². The molecular weight excluding hydrogens is 229 g/mol. The molecule has 0 aliphatic carbocycles. The number of thioether (sulfide) groups is 1. The summed E-state index contributed by atoms with van der Waals surface area (Å²) in [6, 6.07) is 4.46. The number of esters is 1. The SMILES string of the molecule is COC(=O)CCSCc1cc(N)cc(F)c1. The van der Waals surface area contributed by atoms with Crippen LogP contribution >= 0.6 is 11.8 Å². The number of rotatable bonds is 5. The molecule has 88 valence electrons. The minimum atomic E-state index is -0.330. The molecule has 1 aromatic rings. The zero-order valence-corrected chi connectivity index (χ0v) is 9.85. The number of carbonyl (C=O) groups is 1. The molecule has 1 rings (SSSR count). The van der Waals surface area contributed by atoms with E-state index in [9.17, 15) is 9.18 Å². The van der Waals surface area contributed by atoms with Crippen LogP contribution in [-0.4, -0.2) is 18.8 Å². The van der Waals surface area contributed by atoms with Gasteiger partial charge in [-0.15, -0.1) is 0 Å². The van der Waals surface area contributed by atoms with E-state index in [-0.39, 0.29) is 11.8 Å².